The molecule has 0 aliphatic carbocycles. The van der Waals surface area contributed by atoms with E-state index < -0.39 is 5.97 Å². The first-order chi connectivity index (χ1) is 10.6. The normalized spacial score (nSPS) is 10.1. The van der Waals surface area contributed by atoms with E-state index in [4.69, 9.17) is 21.1 Å². The van der Waals surface area contributed by atoms with Gasteiger partial charge in [-0.05, 0) is 51.8 Å². The molecule has 0 N–H and O–H groups in total. The second-order valence-corrected chi connectivity index (χ2v) is 5.74. The van der Waals surface area contributed by atoms with Gasteiger partial charge in [0, 0.05) is 5.02 Å². The highest BCUT2D eigenvalue weighted by Gasteiger charge is 2.10. The van der Waals surface area contributed by atoms with Crippen LogP contribution in [0.1, 0.15) is 15.9 Å². The second-order valence-electron chi connectivity index (χ2n) is 4.45. The molecule has 2 rings (SSSR count). The summed E-state index contributed by atoms with van der Waals surface area (Å²) in [6.07, 6.45) is 1.52. The van der Waals surface area contributed by atoms with E-state index >= 15 is 0 Å². The molecule has 0 amide bonds. The van der Waals surface area contributed by atoms with Gasteiger partial charge in [0.2, 0.25) is 0 Å². The van der Waals surface area contributed by atoms with Gasteiger partial charge >= 0.3 is 5.97 Å². The van der Waals surface area contributed by atoms with Crippen LogP contribution in [0.4, 0.5) is 0 Å². The van der Waals surface area contributed by atoms with E-state index in [1.165, 1.54) is 6.08 Å². The van der Waals surface area contributed by atoms with E-state index in [1.807, 2.05) is 24.3 Å². The van der Waals surface area contributed by atoms with Crippen molar-refractivity contribution in [2.75, 3.05) is 6.61 Å². The van der Waals surface area contributed by atoms with Gasteiger partial charge in [-0.2, -0.15) is 0 Å². The zero-order valence-electron chi connectivity index (χ0n) is 11.7. The minimum atomic E-state index is -0.398. The molecule has 0 aromatic heterocycles. The monoisotopic (exact) mass is 380 g/mol. The van der Waals surface area contributed by atoms with E-state index in [9.17, 15) is 4.79 Å². The minimum Gasteiger partial charge on any atom is -0.488 e. The largest absolute Gasteiger partial charge is 0.488 e. The van der Waals surface area contributed by atoms with Crippen molar-refractivity contribution in [3.05, 3.63) is 75.7 Å². The number of carbonyl (C=O) groups excluding carboxylic acids is 1. The van der Waals surface area contributed by atoms with Crippen LogP contribution in [-0.2, 0) is 11.3 Å². The fourth-order valence-corrected chi connectivity index (χ4v) is 2.32. The number of esters is 1. The Labute approximate surface area is 142 Å². The summed E-state index contributed by atoms with van der Waals surface area (Å²) in [4.78, 5) is 11.7. The Bertz CT molecular complexity index is 668. The molecule has 0 saturated carbocycles. The van der Waals surface area contributed by atoms with Crippen LogP contribution in [-0.4, -0.2) is 12.6 Å². The number of hydrogen-bond acceptors (Lipinski definition) is 3. The van der Waals surface area contributed by atoms with E-state index in [1.54, 1.807) is 18.2 Å². The summed E-state index contributed by atoms with van der Waals surface area (Å²) in [5.41, 5.74) is 1.46. The van der Waals surface area contributed by atoms with Crippen LogP contribution in [0.3, 0.4) is 0 Å². The zero-order chi connectivity index (χ0) is 15.9. The van der Waals surface area contributed by atoms with Crippen molar-refractivity contribution in [1.82, 2.24) is 0 Å². The summed E-state index contributed by atoms with van der Waals surface area (Å²) in [6.45, 7) is 4.10. The molecule has 2 aromatic rings. The maximum atomic E-state index is 11.7. The lowest BCUT2D eigenvalue weighted by Crippen LogP contribution is -2.05. The van der Waals surface area contributed by atoms with E-state index in [2.05, 4.69) is 22.5 Å². The van der Waals surface area contributed by atoms with Crippen LogP contribution in [0.25, 0.3) is 0 Å². The number of ether oxygens (including phenoxy) is 2. The topological polar surface area (TPSA) is 35.5 Å². The first-order valence-corrected chi connectivity index (χ1v) is 7.72. The summed E-state index contributed by atoms with van der Waals surface area (Å²) >= 11 is 9.23. The summed E-state index contributed by atoms with van der Waals surface area (Å²) in [6, 6.07) is 12.5. The van der Waals surface area contributed by atoms with Crippen LogP contribution in [0.2, 0.25) is 5.02 Å². The lowest BCUT2D eigenvalue weighted by atomic mass is 10.2. The molecular weight excluding hydrogens is 368 g/mol. The van der Waals surface area contributed by atoms with Gasteiger partial charge < -0.3 is 9.47 Å². The van der Waals surface area contributed by atoms with Crippen molar-refractivity contribution in [3.8, 4) is 5.75 Å². The Balaban J connectivity index is 2.01. The maximum absolute atomic E-state index is 11.7. The molecule has 0 fully saturated rings. The van der Waals surface area contributed by atoms with E-state index in [0.29, 0.717) is 27.4 Å². The predicted octanol–water partition coefficient (Wildman–Crippen LogP) is 5.02. The molecule has 0 heterocycles. The minimum absolute atomic E-state index is 0.186. The SMILES string of the molecule is C=CCOC(=O)c1ccc(OCc2ccc(Cl)cc2)c(Br)c1. The summed E-state index contributed by atoms with van der Waals surface area (Å²) in [5.74, 6) is 0.250. The average Bonchev–Trinajstić information content (AvgIpc) is 2.53. The third kappa shape index (κ3) is 4.61. The Morgan fingerprint density at radius 2 is 1.95 bits per heavy atom. The Hall–Kier alpha value is -1.78. The molecule has 0 unspecified atom stereocenters. The highest BCUT2D eigenvalue weighted by atomic mass is 79.9. The molecule has 5 heteroatoms. The fourth-order valence-electron chi connectivity index (χ4n) is 1.70. The maximum Gasteiger partial charge on any atom is 0.338 e. The van der Waals surface area contributed by atoms with Crippen LogP contribution in [0, 0.1) is 0 Å². The van der Waals surface area contributed by atoms with Crippen molar-refractivity contribution in [2.24, 2.45) is 0 Å². The Morgan fingerprint density at radius 1 is 1.23 bits per heavy atom. The number of carbonyl (C=O) groups is 1. The fraction of sp³-hybridized carbons (Fsp3) is 0.118. The Morgan fingerprint density at radius 3 is 2.59 bits per heavy atom. The molecule has 3 nitrogen and oxygen atoms in total. The lowest BCUT2D eigenvalue weighted by molar-refractivity contribution is 0.0549. The molecular formula is C17H14BrClO3. The third-order valence-electron chi connectivity index (χ3n) is 2.81. The van der Waals surface area contributed by atoms with Crippen molar-refractivity contribution in [1.29, 1.82) is 0 Å². The highest BCUT2D eigenvalue weighted by Crippen LogP contribution is 2.27. The van der Waals surface area contributed by atoms with Gasteiger partial charge in [-0.25, -0.2) is 4.79 Å². The summed E-state index contributed by atoms with van der Waals surface area (Å²) in [5, 5.41) is 0.687. The predicted molar refractivity (Wildman–Crippen MR) is 90.4 cm³/mol. The van der Waals surface area contributed by atoms with Crippen molar-refractivity contribution >= 4 is 33.5 Å². The highest BCUT2D eigenvalue weighted by molar-refractivity contribution is 9.10. The average molecular weight is 382 g/mol. The number of rotatable bonds is 6. The molecule has 0 atom stereocenters. The Kier molecular flexibility index (Phi) is 6.04. The number of hydrogen-bond donors (Lipinski definition) is 0. The second kappa shape index (κ2) is 8.01. The van der Waals surface area contributed by atoms with Gasteiger partial charge in [-0.1, -0.05) is 36.4 Å². The molecule has 0 spiro atoms. The molecule has 0 saturated heterocycles. The summed E-state index contributed by atoms with van der Waals surface area (Å²) < 4.78 is 11.4. The lowest BCUT2D eigenvalue weighted by Gasteiger charge is -2.10. The first-order valence-electron chi connectivity index (χ1n) is 6.55. The van der Waals surface area contributed by atoms with Crippen LogP contribution < -0.4 is 4.74 Å². The van der Waals surface area contributed by atoms with E-state index in [-0.39, 0.29) is 6.61 Å². The van der Waals surface area contributed by atoms with Gasteiger partial charge in [0.1, 0.15) is 19.0 Å². The van der Waals surface area contributed by atoms with Crippen LogP contribution in [0.15, 0.2) is 59.6 Å². The molecule has 0 aliphatic rings. The molecule has 0 bridgehead atoms. The molecule has 22 heavy (non-hydrogen) atoms. The van der Waals surface area contributed by atoms with Crippen LogP contribution in [0.5, 0.6) is 5.75 Å². The summed E-state index contributed by atoms with van der Waals surface area (Å²) in [7, 11) is 0. The third-order valence-corrected chi connectivity index (χ3v) is 3.68. The molecule has 0 aliphatic heterocycles. The van der Waals surface area contributed by atoms with Gasteiger partial charge in [-0.15, -0.1) is 0 Å². The number of halogens is 2. The van der Waals surface area contributed by atoms with Crippen molar-refractivity contribution in [2.45, 2.75) is 6.61 Å². The molecule has 0 radical (unpaired) electrons. The van der Waals surface area contributed by atoms with Crippen LogP contribution >= 0.6 is 27.5 Å². The van der Waals surface area contributed by atoms with E-state index in [0.717, 1.165) is 5.56 Å². The smallest absolute Gasteiger partial charge is 0.338 e. The van der Waals surface area contributed by atoms with Crippen molar-refractivity contribution in [3.63, 3.8) is 0 Å². The number of benzene rings is 2. The zero-order valence-corrected chi connectivity index (χ0v) is 14.1. The standard InChI is InChI=1S/C17H14BrClO3/c1-2-9-21-17(20)13-5-8-16(15(18)10-13)22-11-12-3-6-14(19)7-4-12/h2-8,10H,1,9,11H2. The quantitative estimate of drug-likeness (QED) is 0.520. The van der Waals surface area contributed by atoms with Gasteiger partial charge in [-0.3, -0.25) is 0 Å². The van der Waals surface area contributed by atoms with Crippen molar-refractivity contribution < 1.29 is 14.3 Å². The first kappa shape index (κ1) is 16.6. The van der Waals surface area contributed by atoms with Gasteiger partial charge in [0.15, 0.2) is 0 Å². The molecule has 114 valence electrons. The van der Waals surface area contributed by atoms with Gasteiger partial charge in [0.05, 0.1) is 10.0 Å². The molecule has 2 aromatic carbocycles. The van der Waals surface area contributed by atoms with Gasteiger partial charge in [0.25, 0.3) is 0 Å².